The lowest BCUT2D eigenvalue weighted by Gasteiger charge is -2.34. The Hall–Kier alpha value is -4.44. The molecular weight excluding hydrogens is 524 g/mol. The molecule has 41 heavy (non-hydrogen) atoms. The predicted octanol–water partition coefficient (Wildman–Crippen LogP) is 3.73. The van der Waals surface area contributed by atoms with E-state index < -0.39 is 54.5 Å². The van der Waals surface area contributed by atoms with Gasteiger partial charge in [-0.2, -0.15) is 0 Å². The third-order valence-electron chi connectivity index (χ3n) is 6.32. The molecule has 0 radical (unpaired) electrons. The number of nitrogens with two attached hydrogens (primary N) is 1. The highest BCUT2D eigenvalue weighted by Crippen LogP contribution is 2.29. The summed E-state index contributed by atoms with van der Waals surface area (Å²) < 4.78 is 5.28. The normalized spacial score (nSPS) is 12.7. The Labute approximate surface area is 239 Å². The third-order valence-corrected chi connectivity index (χ3v) is 6.32. The monoisotopic (exact) mass is 562 g/mol. The van der Waals surface area contributed by atoms with Crippen LogP contribution in [0.3, 0.4) is 0 Å². The summed E-state index contributed by atoms with van der Waals surface area (Å²) in [6.45, 7) is 7.90. The highest BCUT2D eigenvalue weighted by atomic mass is 16.6. The van der Waals surface area contributed by atoms with E-state index in [1.54, 1.807) is 32.9 Å². The number of anilines is 1. The maximum Gasteiger partial charge on any atom is 0.408 e. The molecule has 5 N–H and O–H groups in total. The van der Waals surface area contributed by atoms with E-state index in [9.17, 15) is 24.3 Å². The van der Waals surface area contributed by atoms with Gasteiger partial charge in [0.1, 0.15) is 17.7 Å². The predicted molar refractivity (Wildman–Crippen MR) is 157 cm³/mol. The second kappa shape index (κ2) is 13.3. The fraction of sp³-hybridized carbons (Fsp3) is 0.355. The molecular formula is C31H38N4O6. The summed E-state index contributed by atoms with van der Waals surface area (Å²) in [4.78, 5) is 53.6. The minimum absolute atomic E-state index is 0.257. The van der Waals surface area contributed by atoms with Crippen molar-refractivity contribution in [2.45, 2.75) is 58.7 Å². The number of hydrogen-bond acceptors (Lipinski definition) is 6. The molecule has 0 bridgehead atoms. The van der Waals surface area contributed by atoms with Crippen LogP contribution < -0.4 is 16.4 Å². The minimum Gasteiger partial charge on any atom is -0.444 e. The van der Waals surface area contributed by atoms with Crippen molar-refractivity contribution in [2.24, 2.45) is 5.73 Å². The van der Waals surface area contributed by atoms with Crippen LogP contribution in [0, 0.1) is 13.8 Å². The van der Waals surface area contributed by atoms with Crippen molar-refractivity contribution in [1.82, 2.24) is 10.2 Å². The van der Waals surface area contributed by atoms with Gasteiger partial charge in [-0.3, -0.25) is 14.4 Å². The van der Waals surface area contributed by atoms with E-state index in [-0.39, 0.29) is 6.54 Å². The van der Waals surface area contributed by atoms with E-state index in [1.807, 2.05) is 62.4 Å². The maximum atomic E-state index is 14.0. The lowest BCUT2D eigenvalue weighted by molar-refractivity contribution is -0.142. The Balaban J connectivity index is 2.05. The zero-order chi connectivity index (χ0) is 30.3. The Morgan fingerprint density at radius 1 is 0.976 bits per heavy atom. The van der Waals surface area contributed by atoms with E-state index in [0.29, 0.717) is 11.3 Å². The van der Waals surface area contributed by atoms with Gasteiger partial charge in [0, 0.05) is 12.2 Å². The molecule has 0 spiro atoms. The molecule has 0 aromatic heterocycles. The Bertz CT molecular complexity index is 1430. The zero-order valence-electron chi connectivity index (χ0n) is 24.1. The third kappa shape index (κ3) is 8.52. The average Bonchev–Trinajstić information content (AvgIpc) is 2.88. The molecule has 0 aliphatic rings. The number of aryl methyl sites for hydroxylation is 2. The van der Waals surface area contributed by atoms with Crippen molar-refractivity contribution < 1.29 is 29.0 Å². The van der Waals surface area contributed by atoms with Crippen LogP contribution >= 0.6 is 0 Å². The molecule has 0 heterocycles. The largest absolute Gasteiger partial charge is 0.444 e. The van der Waals surface area contributed by atoms with Crippen LogP contribution in [0.4, 0.5) is 10.5 Å². The number of carbonyl (C=O) groups excluding carboxylic acids is 4. The van der Waals surface area contributed by atoms with Crippen molar-refractivity contribution in [3.63, 3.8) is 0 Å². The van der Waals surface area contributed by atoms with Gasteiger partial charge in [0.05, 0.1) is 13.0 Å². The Morgan fingerprint density at radius 2 is 1.66 bits per heavy atom. The number of alkyl carbamates (subject to hydrolysis) is 1. The zero-order valence-corrected chi connectivity index (χ0v) is 24.1. The number of fused-ring (bicyclic) bond motifs is 1. The van der Waals surface area contributed by atoms with Crippen LogP contribution in [-0.2, 0) is 19.1 Å². The van der Waals surface area contributed by atoms with Gasteiger partial charge >= 0.3 is 6.09 Å². The number of benzene rings is 3. The van der Waals surface area contributed by atoms with E-state index in [1.165, 1.54) is 0 Å². The number of aliphatic hydroxyl groups excluding tert-OH is 1. The fourth-order valence-electron chi connectivity index (χ4n) is 4.51. The maximum absolute atomic E-state index is 14.0. The van der Waals surface area contributed by atoms with Crippen molar-refractivity contribution in [3.8, 4) is 0 Å². The molecule has 218 valence electrons. The van der Waals surface area contributed by atoms with Gasteiger partial charge in [-0.1, -0.05) is 54.1 Å². The van der Waals surface area contributed by atoms with Crippen molar-refractivity contribution in [1.29, 1.82) is 0 Å². The minimum atomic E-state index is -1.44. The quantitative estimate of drug-likeness (QED) is 0.296. The number of hydrogen-bond donors (Lipinski definition) is 4. The first-order valence-electron chi connectivity index (χ1n) is 13.3. The summed E-state index contributed by atoms with van der Waals surface area (Å²) in [6.07, 6.45) is -1.46. The van der Waals surface area contributed by atoms with Crippen LogP contribution in [0.15, 0.2) is 60.7 Å². The van der Waals surface area contributed by atoms with Crippen LogP contribution in [0.1, 0.15) is 49.9 Å². The molecule has 10 nitrogen and oxygen atoms in total. The summed E-state index contributed by atoms with van der Waals surface area (Å²) in [5, 5.41) is 17.2. The highest BCUT2D eigenvalue weighted by molar-refractivity contribution is 6.01. The van der Waals surface area contributed by atoms with Crippen LogP contribution in [-0.4, -0.2) is 58.6 Å². The molecule has 3 aromatic carbocycles. The summed E-state index contributed by atoms with van der Waals surface area (Å²) in [7, 11) is 0. The van der Waals surface area contributed by atoms with Gasteiger partial charge < -0.3 is 31.1 Å². The molecule has 3 rings (SSSR count). The first-order chi connectivity index (χ1) is 19.3. The summed E-state index contributed by atoms with van der Waals surface area (Å²) in [6, 6.07) is 16.0. The average molecular weight is 563 g/mol. The number of ether oxygens (including phenoxy) is 1. The van der Waals surface area contributed by atoms with E-state index >= 15 is 0 Å². The van der Waals surface area contributed by atoms with Gasteiger partial charge in [0.25, 0.3) is 5.91 Å². The van der Waals surface area contributed by atoms with Crippen LogP contribution in [0.5, 0.6) is 0 Å². The second-order valence-electron chi connectivity index (χ2n) is 10.9. The number of aliphatic hydroxyl groups is 1. The van der Waals surface area contributed by atoms with Crippen LogP contribution in [0.2, 0.25) is 0 Å². The fourth-order valence-corrected chi connectivity index (χ4v) is 4.51. The summed E-state index contributed by atoms with van der Waals surface area (Å²) in [5.74, 6) is -2.15. The van der Waals surface area contributed by atoms with Gasteiger partial charge in [0.2, 0.25) is 11.8 Å². The molecule has 0 fully saturated rings. The molecule has 0 aliphatic carbocycles. The van der Waals surface area contributed by atoms with Crippen molar-refractivity contribution in [2.75, 3.05) is 18.5 Å². The number of nitrogens with zero attached hydrogens (tertiary/aromatic N) is 1. The molecule has 0 aliphatic heterocycles. The SMILES string of the molecule is Cc1ccc(C)c(C(C(=O)Nc2ccc3ccccc3c2)N(CCO)C(=O)C(CC(N)=O)NC(=O)OC(C)(C)C)c1. The van der Waals surface area contributed by atoms with Crippen LogP contribution in [0.25, 0.3) is 10.8 Å². The smallest absolute Gasteiger partial charge is 0.408 e. The van der Waals surface area contributed by atoms with E-state index in [4.69, 9.17) is 10.5 Å². The van der Waals surface area contributed by atoms with Crippen molar-refractivity contribution >= 4 is 40.3 Å². The molecule has 0 saturated heterocycles. The standard InChI is InChI=1S/C31H38N4O6/c1-19-10-11-20(2)24(16-19)27(28(38)33-23-13-12-21-8-6-7-9-22(21)17-23)35(14-15-36)29(39)25(18-26(32)37)34-30(40)41-31(3,4)5/h6-13,16-17,25,27,36H,14-15,18H2,1-5H3,(H2,32,37)(H,33,38)(H,34,40). The number of primary amides is 1. The molecule has 4 amide bonds. The molecule has 10 heteroatoms. The number of nitrogens with one attached hydrogen (secondary N) is 2. The first-order valence-corrected chi connectivity index (χ1v) is 13.3. The lowest BCUT2D eigenvalue weighted by Crippen LogP contribution is -2.54. The molecule has 0 saturated carbocycles. The number of carbonyl (C=O) groups is 4. The van der Waals surface area contributed by atoms with Gasteiger partial charge in [-0.25, -0.2) is 4.79 Å². The molecule has 3 aromatic rings. The molecule has 2 unspecified atom stereocenters. The van der Waals surface area contributed by atoms with Gasteiger partial charge in [-0.05, 0) is 68.7 Å². The van der Waals surface area contributed by atoms with Gasteiger partial charge in [-0.15, -0.1) is 0 Å². The highest BCUT2D eigenvalue weighted by Gasteiger charge is 2.37. The number of amides is 4. The number of rotatable bonds is 10. The lowest BCUT2D eigenvalue weighted by atomic mass is 9.95. The summed E-state index contributed by atoms with van der Waals surface area (Å²) >= 11 is 0. The van der Waals surface area contributed by atoms with E-state index in [0.717, 1.165) is 26.8 Å². The first kappa shape index (κ1) is 31.1. The Morgan fingerprint density at radius 3 is 2.29 bits per heavy atom. The van der Waals surface area contributed by atoms with Crippen molar-refractivity contribution in [3.05, 3.63) is 77.4 Å². The molecule has 2 atom stereocenters. The summed E-state index contributed by atoms with van der Waals surface area (Å²) in [5.41, 5.74) is 7.18. The van der Waals surface area contributed by atoms with Gasteiger partial charge in [0.15, 0.2) is 0 Å². The Kier molecular flexibility index (Phi) is 10.1. The second-order valence-corrected chi connectivity index (χ2v) is 10.9. The van der Waals surface area contributed by atoms with E-state index in [2.05, 4.69) is 10.6 Å². The topological polar surface area (TPSA) is 151 Å².